The highest BCUT2D eigenvalue weighted by Gasteiger charge is 2.19. The van der Waals surface area contributed by atoms with Crippen molar-refractivity contribution in [2.75, 3.05) is 25.6 Å². The molecule has 1 N–H and O–H groups in total. The third kappa shape index (κ3) is 4.51. The minimum absolute atomic E-state index is 0.799. The second-order valence-corrected chi connectivity index (χ2v) is 6.26. The highest BCUT2D eigenvalue weighted by molar-refractivity contribution is 5.28. The van der Waals surface area contributed by atoms with Gasteiger partial charge in [0, 0.05) is 33.0 Å². The van der Waals surface area contributed by atoms with Gasteiger partial charge < -0.3 is 14.6 Å². The van der Waals surface area contributed by atoms with Crippen LogP contribution in [0.3, 0.4) is 0 Å². The molecule has 114 valence electrons. The number of rotatable bonds is 7. The van der Waals surface area contributed by atoms with Crippen LogP contribution in [0.1, 0.15) is 44.7 Å². The van der Waals surface area contributed by atoms with E-state index in [1.54, 1.807) is 7.11 Å². The monoisotopic (exact) mass is 279 g/mol. The lowest BCUT2D eigenvalue weighted by molar-refractivity contribution is 0.197. The molecule has 1 saturated carbocycles. The van der Waals surface area contributed by atoms with Gasteiger partial charge >= 0.3 is 0 Å². The summed E-state index contributed by atoms with van der Waals surface area (Å²) in [5.41, 5.74) is 1.10. The van der Waals surface area contributed by atoms with Gasteiger partial charge in [-0.3, -0.25) is 0 Å². The molecule has 2 rings (SSSR count). The highest BCUT2D eigenvalue weighted by Crippen LogP contribution is 2.30. The number of nitrogens with zero attached hydrogens (tertiary/aromatic N) is 2. The summed E-state index contributed by atoms with van der Waals surface area (Å²) < 4.78 is 7.39. The Bertz CT molecular complexity index is 394. The van der Waals surface area contributed by atoms with E-state index in [1.807, 2.05) is 0 Å². The van der Waals surface area contributed by atoms with Crippen molar-refractivity contribution in [1.29, 1.82) is 0 Å². The molecule has 0 saturated heterocycles. The minimum Gasteiger partial charge on any atom is -0.385 e. The molecule has 20 heavy (non-hydrogen) atoms. The molecule has 0 bridgehead atoms. The average Bonchev–Trinajstić information content (AvgIpc) is 2.77. The van der Waals surface area contributed by atoms with E-state index in [0.29, 0.717) is 0 Å². The first-order valence-electron chi connectivity index (χ1n) is 7.95. The molecular weight excluding hydrogens is 250 g/mol. The van der Waals surface area contributed by atoms with Crippen LogP contribution in [0.4, 0.5) is 5.95 Å². The summed E-state index contributed by atoms with van der Waals surface area (Å²) in [6, 6.07) is 0. The van der Waals surface area contributed by atoms with Crippen molar-refractivity contribution in [2.45, 2.75) is 52.5 Å². The predicted molar refractivity (Wildman–Crippen MR) is 83.1 cm³/mol. The fourth-order valence-corrected chi connectivity index (χ4v) is 3.03. The van der Waals surface area contributed by atoms with E-state index < -0.39 is 0 Å². The van der Waals surface area contributed by atoms with Gasteiger partial charge in [0.15, 0.2) is 0 Å². The van der Waals surface area contributed by atoms with Gasteiger partial charge in [0.05, 0.1) is 5.69 Å². The van der Waals surface area contributed by atoms with Crippen LogP contribution in [-0.2, 0) is 11.3 Å². The molecule has 1 aliphatic carbocycles. The Morgan fingerprint density at radius 1 is 1.35 bits per heavy atom. The average molecular weight is 279 g/mol. The number of imidazole rings is 1. The lowest BCUT2D eigenvalue weighted by atomic mass is 9.83. The summed E-state index contributed by atoms with van der Waals surface area (Å²) >= 11 is 0. The Morgan fingerprint density at radius 3 is 2.80 bits per heavy atom. The molecule has 1 aromatic rings. The van der Waals surface area contributed by atoms with Crippen LogP contribution in [0.25, 0.3) is 0 Å². The zero-order valence-corrected chi connectivity index (χ0v) is 13.2. The van der Waals surface area contributed by atoms with E-state index in [2.05, 4.69) is 34.9 Å². The van der Waals surface area contributed by atoms with Gasteiger partial charge in [-0.1, -0.05) is 19.8 Å². The maximum Gasteiger partial charge on any atom is 0.203 e. The summed E-state index contributed by atoms with van der Waals surface area (Å²) in [6.45, 7) is 7.28. The maximum atomic E-state index is 5.08. The maximum absolute atomic E-state index is 5.08. The number of aromatic nitrogens is 2. The number of hydrogen-bond acceptors (Lipinski definition) is 3. The van der Waals surface area contributed by atoms with Gasteiger partial charge in [-0.15, -0.1) is 0 Å². The van der Waals surface area contributed by atoms with Crippen LogP contribution >= 0.6 is 0 Å². The summed E-state index contributed by atoms with van der Waals surface area (Å²) in [5, 5.41) is 3.44. The Morgan fingerprint density at radius 2 is 2.10 bits per heavy atom. The summed E-state index contributed by atoms with van der Waals surface area (Å²) in [7, 11) is 1.75. The quantitative estimate of drug-likeness (QED) is 0.777. The summed E-state index contributed by atoms with van der Waals surface area (Å²) in [5.74, 6) is 2.76. The molecule has 0 radical (unpaired) electrons. The van der Waals surface area contributed by atoms with E-state index in [4.69, 9.17) is 4.74 Å². The molecule has 0 aliphatic heterocycles. The molecular formula is C16H29N3O. The number of methoxy groups -OCH3 is 1. The van der Waals surface area contributed by atoms with Crippen molar-refractivity contribution in [2.24, 2.45) is 11.8 Å². The largest absolute Gasteiger partial charge is 0.385 e. The highest BCUT2D eigenvalue weighted by atomic mass is 16.5. The van der Waals surface area contributed by atoms with Crippen LogP contribution in [0.2, 0.25) is 0 Å². The molecule has 4 nitrogen and oxygen atoms in total. The van der Waals surface area contributed by atoms with E-state index >= 15 is 0 Å². The lowest BCUT2D eigenvalue weighted by Crippen LogP contribution is -2.19. The minimum atomic E-state index is 0.799. The van der Waals surface area contributed by atoms with Crippen molar-refractivity contribution < 1.29 is 4.74 Å². The fraction of sp³-hybridized carbons (Fsp3) is 0.812. The predicted octanol–water partition coefficient (Wildman–Crippen LogP) is 3.47. The van der Waals surface area contributed by atoms with Gasteiger partial charge in [-0.25, -0.2) is 4.98 Å². The Hall–Kier alpha value is -1.03. The van der Waals surface area contributed by atoms with E-state index in [-0.39, 0.29) is 0 Å². The topological polar surface area (TPSA) is 39.1 Å². The molecule has 1 aromatic heterocycles. The second kappa shape index (κ2) is 7.67. The molecule has 0 atom stereocenters. The Kier molecular flexibility index (Phi) is 5.89. The number of hydrogen-bond donors (Lipinski definition) is 1. The fourth-order valence-electron chi connectivity index (χ4n) is 3.03. The van der Waals surface area contributed by atoms with E-state index in [0.717, 1.165) is 49.6 Å². The van der Waals surface area contributed by atoms with E-state index in [1.165, 1.54) is 25.7 Å². The molecule has 1 heterocycles. The summed E-state index contributed by atoms with van der Waals surface area (Å²) in [6.07, 6.45) is 8.69. The summed E-state index contributed by atoms with van der Waals surface area (Å²) in [4.78, 5) is 4.60. The van der Waals surface area contributed by atoms with Crippen LogP contribution < -0.4 is 5.32 Å². The molecule has 0 unspecified atom stereocenters. The first kappa shape index (κ1) is 15.4. The van der Waals surface area contributed by atoms with Crippen LogP contribution in [-0.4, -0.2) is 29.8 Å². The van der Waals surface area contributed by atoms with Crippen molar-refractivity contribution in [3.05, 3.63) is 11.9 Å². The first-order chi connectivity index (χ1) is 9.69. The molecule has 1 aliphatic rings. The first-order valence-corrected chi connectivity index (χ1v) is 7.95. The molecule has 0 aromatic carbocycles. The van der Waals surface area contributed by atoms with Gasteiger partial charge in [-0.2, -0.15) is 0 Å². The van der Waals surface area contributed by atoms with Gasteiger partial charge in [0.25, 0.3) is 0 Å². The molecule has 1 fully saturated rings. The zero-order chi connectivity index (χ0) is 14.4. The Balaban J connectivity index is 1.86. The van der Waals surface area contributed by atoms with Crippen molar-refractivity contribution in [3.63, 3.8) is 0 Å². The third-order valence-electron chi connectivity index (χ3n) is 4.30. The van der Waals surface area contributed by atoms with Crippen LogP contribution in [0, 0.1) is 18.8 Å². The van der Waals surface area contributed by atoms with Crippen LogP contribution in [0.5, 0.6) is 0 Å². The van der Waals surface area contributed by atoms with Gasteiger partial charge in [0.2, 0.25) is 5.95 Å². The Labute approximate surface area is 122 Å². The molecule has 4 heteroatoms. The second-order valence-electron chi connectivity index (χ2n) is 6.26. The lowest BCUT2D eigenvalue weighted by Gasteiger charge is -2.26. The van der Waals surface area contributed by atoms with Crippen molar-refractivity contribution >= 4 is 5.95 Å². The molecule has 0 amide bonds. The van der Waals surface area contributed by atoms with Gasteiger partial charge in [-0.05, 0) is 38.0 Å². The van der Waals surface area contributed by atoms with Crippen molar-refractivity contribution in [3.8, 4) is 0 Å². The van der Waals surface area contributed by atoms with Crippen LogP contribution in [0.15, 0.2) is 6.20 Å². The number of anilines is 1. The number of nitrogens with one attached hydrogen (secondary N) is 1. The van der Waals surface area contributed by atoms with Crippen molar-refractivity contribution in [1.82, 2.24) is 9.55 Å². The molecule has 0 spiro atoms. The smallest absolute Gasteiger partial charge is 0.203 e. The number of aryl methyl sites for hydroxylation is 1. The number of ether oxygens (including phenoxy) is 1. The normalized spacial score (nSPS) is 22.9. The standard InChI is InChI=1S/C16H29N3O/c1-13-5-7-15(8-6-13)12-19-11-14(2)18-16(19)17-9-4-10-20-3/h11,13,15H,4-10,12H2,1-3H3,(H,17,18). The SMILES string of the molecule is COCCCNc1nc(C)cn1CC1CCC(C)CC1. The van der Waals surface area contributed by atoms with E-state index in [9.17, 15) is 0 Å². The zero-order valence-electron chi connectivity index (χ0n) is 13.2. The third-order valence-corrected chi connectivity index (χ3v) is 4.30. The van der Waals surface area contributed by atoms with Gasteiger partial charge in [0.1, 0.15) is 0 Å².